The average Bonchev–Trinajstić information content (AvgIpc) is 2.40. The van der Waals surface area contributed by atoms with Crippen LogP contribution >= 0.6 is 0 Å². The van der Waals surface area contributed by atoms with Crippen molar-refractivity contribution in [2.24, 2.45) is 5.92 Å². The SMILES string of the molecule is COc1ncc(NC(=O)C2CCC(=O)CC2)cn1. The largest absolute Gasteiger partial charge is 0.467 e. The minimum atomic E-state index is -0.0928. The molecule has 0 atom stereocenters. The molecule has 96 valence electrons. The number of ketones is 1. The van der Waals surface area contributed by atoms with Gasteiger partial charge >= 0.3 is 6.01 Å². The van der Waals surface area contributed by atoms with E-state index in [0.717, 1.165) is 0 Å². The van der Waals surface area contributed by atoms with Crippen LogP contribution in [-0.4, -0.2) is 28.8 Å². The number of carbonyl (C=O) groups is 2. The number of carbonyl (C=O) groups excluding carboxylic acids is 2. The number of hydrogen-bond acceptors (Lipinski definition) is 5. The molecule has 0 saturated heterocycles. The van der Waals surface area contributed by atoms with E-state index in [-0.39, 0.29) is 23.6 Å². The molecule has 1 fully saturated rings. The fraction of sp³-hybridized carbons (Fsp3) is 0.500. The smallest absolute Gasteiger partial charge is 0.316 e. The van der Waals surface area contributed by atoms with E-state index in [1.54, 1.807) is 0 Å². The highest BCUT2D eigenvalue weighted by molar-refractivity contribution is 5.93. The van der Waals surface area contributed by atoms with Crippen molar-refractivity contribution >= 4 is 17.4 Å². The average molecular weight is 249 g/mol. The second-order valence-electron chi connectivity index (χ2n) is 4.26. The summed E-state index contributed by atoms with van der Waals surface area (Å²) in [4.78, 5) is 30.8. The maximum absolute atomic E-state index is 11.9. The van der Waals surface area contributed by atoms with Gasteiger partial charge in [-0.1, -0.05) is 0 Å². The molecule has 1 aliphatic rings. The summed E-state index contributed by atoms with van der Waals surface area (Å²) in [6.45, 7) is 0. The van der Waals surface area contributed by atoms with E-state index >= 15 is 0 Å². The van der Waals surface area contributed by atoms with Crippen LogP contribution in [0, 0.1) is 5.92 Å². The van der Waals surface area contributed by atoms with Crippen LogP contribution in [0.2, 0.25) is 0 Å². The van der Waals surface area contributed by atoms with Gasteiger partial charge in [-0.25, -0.2) is 9.97 Å². The van der Waals surface area contributed by atoms with Crippen LogP contribution in [0.25, 0.3) is 0 Å². The number of hydrogen-bond donors (Lipinski definition) is 1. The lowest BCUT2D eigenvalue weighted by Gasteiger charge is -2.19. The van der Waals surface area contributed by atoms with Gasteiger partial charge in [-0.3, -0.25) is 9.59 Å². The van der Waals surface area contributed by atoms with Crippen LogP contribution < -0.4 is 10.1 Å². The van der Waals surface area contributed by atoms with Crippen molar-refractivity contribution in [1.29, 1.82) is 0 Å². The first-order chi connectivity index (χ1) is 8.69. The first kappa shape index (κ1) is 12.5. The third-order valence-corrected chi connectivity index (χ3v) is 2.99. The van der Waals surface area contributed by atoms with Gasteiger partial charge in [-0.05, 0) is 12.8 Å². The molecule has 1 aromatic rings. The summed E-state index contributed by atoms with van der Waals surface area (Å²) >= 11 is 0. The summed E-state index contributed by atoms with van der Waals surface area (Å²) in [6, 6.07) is 0.260. The molecule has 6 heteroatoms. The van der Waals surface area contributed by atoms with Gasteiger partial charge in [0.05, 0.1) is 25.2 Å². The van der Waals surface area contributed by atoms with E-state index in [4.69, 9.17) is 4.74 Å². The molecule has 1 amide bonds. The van der Waals surface area contributed by atoms with Crippen molar-refractivity contribution in [2.75, 3.05) is 12.4 Å². The Morgan fingerprint density at radius 1 is 1.33 bits per heavy atom. The lowest BCUT2D eigenvalue weighted by atomic mass is 9.88. The number of aromatic nitrogens is 2. The lowest BCUT2D eigenvalue weighted by molar-refractivity contribution is -0.125. The summed E-state index contributed by atoms with van der Waals surface area (Å²) in [5.41, 5.74) is 0.540. The molecule has 2 rings (SSSR count). The Labute approximate surface area is 105 Å². The van der Waals surface area contributed by atoms with Gasteiger partial charge in [0, 0.05) is 18.8 Å². The molecule has 0 radical (unpaired) electrons. The number of Topliss-reactive ketones (excluding diaryl/α,β-unsaturated/α-hetero) is 1. The van der Waals surface area contributed by atoms with Gasteiger partial charge in [0.1, 0.15) is 5.78 Å². The van der Waals surface area contributed by atoms with Crippen molar-refractivity contribution in [1.82, 2.24) is 9.97 Å². The van der Waals surface area contributed by atoms with Crippen molar-refractivity contribution in [3.63, 3.8) is 0 Å². The van der Waals surface area contributed by atoms with Crippen molar-refractivity contribution in [3.05, 3.63) is 12.4 Å². The van der Waals surface area contributed by atoms with Gasteiger partial charge < -0.3 is 10.1 Å². The predicted octanol–water partition coefficient (Wildman–Crippen LogP) is 1.18. The van der Waals surface area contributed by atoms with Gasteiger partial charge in [0.25, 0.3) is 0 Å². The second kappa shape index (κ2) is 5.57. The highest BCUT2D eigenvalue weighted by Gasteiger charge is 2.24. The van der Waals surface area contributed by atoms with Crippen molar-refractivity contribution in [2.45, 2.75) is 25.7 Å². The normalized spacial score (nSPS) is 16.4. The number of methoxy groups -OCH3 is 1. The van der Waals surface area contributed by atoms with Gasteiger partial charge in [0.15, 0.2) is 0 Å². The molecular formula is C12H15N3O3. The van der Waals surface area contributed by atoms with Crippen LogP contribution in [0.15, 0.2) is 12.4 Å². The van der Waals surface area contributed by atoms with Crippen LogP contribution in [-0.2, 0) is 9.59 Å². The minimum Gasteiger partial charge on any atom is -0.467 e. The Morgan fingerprint density at radius 2 is 1.94 bits per heavy atom. The topological polar surface area (TPSA) is 81.2 Å². The quantitative estimate of drug-likeness (QED) is 0.870. The highest BCUT2D eigenvalue weighted by Crippen LogP contribution is 2.22. The van der Waals surface area contributed by atoms with Crippen molar-refractivity contribution in [3.8, 4) is 6.01 Å². The molecular weight excluding hydrogens is 234 g/mol. The first-order valence-corrected chi connectivity index (χ1v) is 5.87. The summed E-state index contributed by atoms with van der Waals surface area (Å²) < 4.78 is 4.83. The number of nitrogens with zero attached hydrogens (tertiary/aromatic N) is 2. The van der Waals surface area contributed by atoms with Gasteiger partial charge in [0.2, 0.25) is 5.91 Å². The van der Waals surface area contributed by atoms with Gasteiger partial charge in [-0.2, -0.15) is 0 Å². The number of amides is 1. The van der Waals surface area contributed by atoms with Crippen LogP contribution in [0.3, 0.4) is 0 Å². The molecule has 1 saturated carbocycles. The molecule has 0 spiro atoms. The molecule has 0 unspecified atom stereocenters. The Hall–Kier alpha value is -1.98. The van der Waals surface area contributed by atoms with Crippen LogP contribution in [0.5, 0.6) is 6.01 Å². The zero-order valence-corrected chi connectivity index (χ0v) is 10.2. The molecule has 18 heavy (non-hydrogen) atoms. The Morgan fingerprint density at radius 3 is 2.50 bits per heavy atom. The molecule has 0 aromatic carbocycles. The molecule has 1 heterocycles. The summed E-state index contributed by atoms with van der Waals surface area (Å²) in [6.07, 6.45) is 5.24. The Balaban J connectivity index is 1.92. The Bertz CT molecular complexity index is 434. The van der Waals surface area contributed by atoms with E-state index in [9.17, 15) is 9.59 Å². The fourth-order valence-electron chi connectivity index (χ4n) is 1.93. The van der Waals surface area contributed by atoms with Crippen LogP contribution in [0.1, 0.15) is 25.7 Å². The van der Waals surface area contributed by atoms with E-state index in [2.05, 4.69) is 15.3 Å². The van der Waals surface area contributed by atoms with Crippen molar-refractivity contribution < 1.29 is 14.3 Å². The monoisotopic (exact) mass is 249 g/mol. The molecule has 1 aliphatic carbocycles. The molecule has 1 aromatic heterocycles. The fourth-order valence-corrected chi connectivity index (χ4v) is 1.93. The Kier molecular flexibility index (Phi) is 3.86. The lowest BCUT2D eigenvalue weighted by Crippen LogP contribution is -2.27. The third kappa shape index (κ3) is 3.03. The van der Waals surface area contributed by atoms with Gasteiger partial charge in [-0.15, -0.1) is 0 Å². The minimum absolute atomic E-state index is 0.0729. The maximum Gasteiger partial charge on any atom is 0.316 e. The van der Waals surface area contributed by atoms with E-state index in [1.165, 1.54) is 19.5 Å². The first-order valence-electron chi connectivity index (χ1n) is 5.87. The number of anilines is 1. The van der Waals surface area contributed by atoms with E-state index in [0.29, 0.717) is 31.4 Å². The maximum atomic E-state index is 11.9. The number of ether oxygens (including phenoxy) is 1. The summed E-state index contributed by atoms with van der Waals surface area (Å²) in [5, 5.41) is 2.75. The zero-order chi connectivity index (χ0) is 13.0. The zero-order valence-electron chi connectivity index (χ0n) is 10.2. The summed E-state index contributed by atoms with van der Waals surface area (Å²) in [7, 11) is 1.48. The van der Waals surface area contributed by atoms with E-state index < -0.39 is 0 Å². The van der Waals surface area contributed by atoms with Crippen LogP contribution in [0.4, 0.5) is 5.69 Å². The second-order valence-corrected chi connectivity index (χ2v) is 4.26. The van der Waals surface area contributed by atoms with E-state index in [1.807, 2.05) is 0 Å². The molecule has 0 aliphatic heterocycles. The summed E-state index contributed by atoms with van der Waals surface area (Å²) in [5.74, 6) is 0.0768. The third-order valence-electron chi connectivity index (χ3n) is 2.99. The highest BCUT2D eigenvalue weighted by atomic mass is 16.5. The number of nitrogens with one attached hydrogen (secondary N) is 1. The standard InChI is InChI=1S/C12H15N3O3/c1-18-12-13-6-9(7-14-12)15-11(17)8-2-4-10(16)5-3-8/h6-8H,2-5H2,1H3,(H,15,17). The molecule has 0 bridgehead atoms. The molecule has 6 nitrogen and oxygen atoms in total. The molecule has 1 N–H and O–H groups in total. The predicted molar refractivity (Wildman–Crippen MR) is 64.2 cm³/mol. The number of rotatable bonds is 3.